The molecule has 8 rings (SSSR count). The van der Waals surface area contributed by atoms with Gasteiger partial charge in [-0.15, -0.1) is 0 Å². The smallest absolute Gasteiger partial charge is 0.230 e. The van der Waals surface area contributed by atoms with E-state index in [0.717, 1.165) is 79.4 Å². The van der Waals surface area contributed by atoms with Crippen molar-refractivity contribution >= 4 is 45.1 Å². The molecule has 0 spiro atoms. The van der Waals surface area contributed by atoms with Gasteiger partial charge in [-0.25, -0.2) is 0 Å². The second-order valence-electron chi connectivity index (χ2n) is 11.6. The number of nitrogens with one attached hydrogen (secondary N) is 2. The van der Waals surface area contributed by atoms with E-state index in [0.29, 0.717) is 36.2 Å². The van der Waals surface area contributed by atoms with Gasteiger partial charge < -0.3 is 20.3 Å². The normalized spacial score (nSPS) is 27.9. The zero-order chi connectivity index (χ0) is 26.5. The van der Waals surface area contributed by atoms with Gasteiger partial charge in [0.05, 0.1) is 29.0 Å². The summed E-state index contributed by atoms with van der Waals surface area (Å²) in [6, 6.07) is 2.21. The zero-order valence-electron chi connectivity index (χ0n) is 22.7. The minimum atomic E-state index is 0.236. The molecule has 2 bridgehead atoms. The second kappa shape index (κ2) is 10.3. The number of aryl methyl sites for hydroxylation is 1. The van der Waals surface area contributed by atoms with Gasteiger partial charge in [0.25, 0.3) is 0 Å². The van der Waals surface area contributed by atoms with Gasteiger partial charge in [-0.1, -0.05) is 0 Å². The van der Waals surface area contributed by atoms with Gasteiger partial charge in [0, 0.05) is 63.6 Å². The molecule has 5 aliphatic rings. The summed E-state index contributed by atoms with van der Waals surface area (Å²) >= 11 is 1.42. The Hall–Kier alpha value is -2.83. The summed E-state index contributed by atoms with van der Waals surface area (Å²) in [5.74, 6) is 1.67. The minimum absolute atomic E-state index is 0.236. The first-order valence-electron chi connectivity index (χ1n) is 14.3. The molecule has 2 unspecified atom stereocenters. The van der Waals surface area contributed by atoms with E-state index in [1.54, 1.807) is 6.92 Å². The summed E-state index contributed by atoms with van der Waals surface area (Å²) in [4.78, 5) is 27.2. The first kappa shape index (κ1) is 25.2. The first-order chi connectivity index (χ1) is 19.0. The maximum atomic E-state index is 11.9. The highest BCUT2D eigenvalue weighted by Gasteiger charge is 2.47. The predicted molar refractivity (Wildman–Crippen MR) is 150 cm³/mol. The Bertz CT molecular complexity index is 1330. The van der Waals surface area contributed by atoms with Crippen LogP contribution in [0.3, 0.4) is 0 Å². The van der Waals surface area contributed by atoms with Crippen LogP contribution in [-0.2, 0) is 9.53 Å². The van der Waals surface area contributed by atoms with Gasteiger partial charge in [0.15, 0.2) is 4.83 Å². The van der Waals surface area contributed by atoms with Crippen molar-refractivity contribution in [1.82, 2.24) is 33.9 Å². The number of fused-ring (bicyclic) bond motifs is 3. The van der Waals surface area contributed by atoms with Crippen LogP contribution in [0.15, 0.2) is 12.4 Å². The van der Waals surface area contributed by atoms with Crippen molar-refractivity contribution in [2.75, 3.05) is 36.9 Å². The van der Waals surface area contributed by atoms with Gasteiger partial charge in [0.2, 0.25) is 11.9 Å². The number of carbonyl (C=O) groups excluding carboxylic acids is 1. The molecule has 1 saturated carbocycles. The van der Waals surface area contributed by atoms with Crippen LogP contribution in [0.5, 0.6) is 0 Å². The van der Waals surface area contributed by atoms with Crippen LogP contribution >= 0.6 is 11.5 Å². The average molecular weight is 552 g/mol. The maximum absolute atomic E-state index is 11.9. The standard InChI is InChI=1S/C27H37N9O2S/c1-16-24-25(29-18-3-5-20(6-4-18)34-14-22-11-23(15-34)36(22)17(2)37)31-27(32-26(24)39-33-16)30-19-12-28-35(13-19)21-7-9-38-10-8-21/h12-13,18,20-23H,3-11,14-15H2,1-2H3,(H2,29,30,31,32). The predicted octanol–water partition coefficient (Wildman–Crippen LogP) is 3.71. The second-order valence-corrected chi connectivity index (χ2v) is 12.3. The van der Waals surface area contributed by atoms with Gasteiger partial charge >= 0.3 is 0 Å². The number of piperidine rings is 1. The molecule has 7 heterocycles. The number of hydrogen-bond donors (Lipinski definition) is 2. The molecule has 3 aromatic rings. The fraction of sp³-hybridized carbons (Fsp3) is 0.667. The lowest BCUT2D eigenvalue weighted by Crippen LogP contribution is -2.71. The molecule has 12 heteroatoms. The Labute approximate surface area is 232 Å². The molecule has 11 nitrogen and oxygen atoms in total. The molecule has 5 fully saturated rings. The fourth-order valence-electron chi connectivity index (χ4n) is 7.06. The van der Waals surface area contributed by atoms with E-state index in [-0.39, 0.29) is 5.91 Å². The van der Waals surface area contributed by atoms with E-state index < -0.39 is 0 Å². The Morgan fingerprint density at radius 3 is 2.54 bits per heavy atom. The van der Waals surface area contributed by atoms with Crippen LogP contribution in [0.1, 0.15) is 63.6 Å². The van der Waals surface area contributed by atoms with Crippen molar-refractivity contribution in [2.24, 2.45) is 0 Å². The van der Waals surface area contributed by atoms with E-state index in [9.17, 15) is 4.79 Å². The van der Waals surface area contributed by atoms with Gasteiger partial charge in [-0.3, -0.25) is 14.4 Å². The van der Waals surface area contributed by atoms with Crippen molar-refractivity contribution in [3.8, 4) is 0 Å². The lowest BCUT2D eigenvalue weighted by atomic mass is 9.83. The summed E-state index contributed by atoms with van der Waals surface area (Å²) < 4.78 is 12.1. The largest absolute Gasteiger partial charge is 0.381 e. The number of rotatable bonds is 6. The van der Waals surface area contributed by atoms with Crippen LogP contribution in [0, 0.1) is 6.92 Å². The summed E-state index contributed by atoms with van der Waals surface area (Å²) in [6.07, 6.45) is 11.6. The molecule has 3 aromatic heterocycles. The molecule has 1 aliphatic carbocycles. The molecule has 0 aromatic carbocycles. The van der Waals surface area contributed by atoms with Crippen LogP contribution in [0.2, 0.25) is 0 Å². The number of aromatic nitrogens is 5. The molecule has 2 atom stereocenters. The lowest BCUT2D eigenvalue weighted by Gasteiger charge is -2.58. The van der Waals surface area contributed by atoms with Crippen LogP contribution in [0.4, 0.5) is 17.5 Å². The summed E-state index contributed by atoms with van der Waals surface area (Å²) in [5, 5.41) is 12.7. The van der Waals surface area contributed by atoms with Crippen molar-refractivity contribution in [3.63, 3.8) is 0 Å². The Morgan fingerprint density at radius 1 is 1.03 bits per heavy atom. The molecule has 39 heavy (non-hydrogen) atoms. The van der Waals surface area contributed by atoms with E-state index in [1.165, 1.54) is 30.8 Å². The van der Waals surface area contributed by atoms with Crippen molar-refractivity contribution in [1.29, 1.82) is 0 Å². The summed E-state index contributed by atoms with van der Waals surface area (Å²) in [7, 11) is 0. The number of amides is 1. The third-order valence-corrected chi connectivity index (χ3v) is 9.90. The SMILES string of the molecule is CC(=O)N1C2CC1CN(C1CCC(Nc3nc(Nc4cnn(C5CCOCC5)c4)nc4snc(C)c34)CC1)C2. The van der Waals surface area contributed by atoms with E-state index >= 15 is 0 Å². The molecular weight excluding hydrogens is 514 g/mol. The highest BCUT2D eigenvalue weighted by Crippen LogP contribution is 2.37. The monoisotopic (exact) mass is 551 g/mol. The van der Waals surface area contributed by atoms with E-state index in [4.69, 9.17) is 14.7 Å². The highest BCUT2D eigenvalue weighted by molar-refractivity contribution is 7.13. The number of anilines is 3. The van der Waals surface area contributed by atoms with Crippen LogP contribution in [0.25, 0.3) is 10.2 Å². The van der Waals surface area contributed by atoms with Crippen LogP contribution in [-0.4, -0.2) is 90.3 Å². The Kier molecular flexibility index (Phi) is 6.64. The topological polar surface area (TPSA) is 113 Å². The molecule has 208 valence electrons. The summed E-state index contributed by atoms with van der Waals surface area (Å²) in [6.45, 7) is 7.37. The number of hydrogen-bond acceptors (Lipinski definition) is 10. The lowest BCUT2D eigenvalue weighted by molar-refractivity contribution is -0.153. The molecule has 1 amide bonds. The van der Waals surface area contributed by atoms with Crippen LogP contribution < -0.4 is 10.6 Å². The first-order valence-corrected chi connectivity index (χ1v) is 15.1. The van der Waals surface area contributed by atoms with Gasteiger partial charge in [-0.2, -0.15) is 19.4 Å². The fourth-order valence-corrected chi connectivity index (χ4v) is 7.84. The third kappa shape index (κ3) is 4.87. The number of nitrogens with zero attached hydrogens (tertiary/aromatic N) is 7. The number of carbonyl (C=O) groups is 1. The quantitative estimate of drug-likeness (QED) is 0.473. The zero-order valence-corrected chi connectivity index (χ0v) is 23.5. The Balaban J connectivity index is 1.01. The van der Waals surface area contributed by atoms with Crippen molar-refractivity contribution < 1.29 is 9.53 Å². The highest BCUT2D eigenvalue weighted by atomic mass is 32.1. The molecule has 4 saturated heterocycles. The van der Waals surface area contributed by atoms with Crippen molar-refractivity contribution in [2.45, 2.75) is 89.0 Å². The average Bonchev–Trinajstić information content (AvgIpc) is 3.56. The molecule has 4 aliphatic heterocycles. The van der Waals surface area contributed by atoms with Gasteiger partial charge in [0.1, 0.15) is 5.82 Å². The molecule has 2 N–H and O–H groups in total. The number of piperazine rings is 1. The summed E-state index contributed by atoms with van der Waals surface area (Å²) in [5.41, 5.74) is 1.85. The maximum Gasteiger partial charge on any atom is 0.230 e. The third-order valence-electron chi connectivity index (χ3n) is 9.07. The van der Waals surface area contributed by atoms with E-state index in [2.05, 4.69) is 29.9 Å². The van der Waals surface area contributed by atoms with Crippen molar-refractivity contribution in [3.05, 3.63) is 18.1 Å². The molecule has 0 radical (unpaired) electrons. The minimum Gasteiger partial charge on any atom is -0.381 e. The molecular formula is C27H37N9O2S. The number of ether oxygens (including phenoxy) is 1. The van der Waals surface area contributed by atoms with Gasteiger partial charge in [-0.05, 0) is 63.4 Å². The Morgan fingerprint density at radius 2 is 1.79 bits per heavy atom. The van der Waals surface area contributed by atoms with E-state index in [1.807, 2.05) is 24.0 Å².